The maximum absolute atomic E-state index is 5.52. The molecule has 4 aromatic rings. The first-order valence-corrected chi connectivity index (χ1v) is 10.7. The molecule has 32 heavy (non-hydrogen) atoms. The van der Waals surface area contributed by atoms with Gasteiger partial charge in [-0.3, -0.25) is 0 Å². The molecule has 0 spiro atoms. The second kappa shape index (κ2) is 8.47. The lowest BCUT2D eigenvalue weighted by Gasteiger charge is -2.27. The number of nitrogens with zero attached hydrogens (tertiary/aromatic N) is 6. The van der Waals surface area contributed by atoms with E-state index in [0.29, 0.717) is 19.2 Å². The summed E-state index contributed by atoms with van der Waals surface area (Å²) in [5, 5.41) is 3.46. The molecule has 8 nitrogen and oxygen atoms in total. The summed E-state index contributed by atoms with van der Waals surface area (Å²) in [7, 11) is 6.07. The van der Waals surface area contributed by atoms with E-state index in [1.54, 1.807) is 0 Å². The Morgan fingerprint density at radius 3 is 2.50 bits per heavy atom. The predicted octanol–water partition coefficient (Wildman–Crippen LogP) is 3.68. The minimum atomic E-state index is 0.684. The van der Waals surface area contributed by atoms with Crippen molar-refractivity contribution >= 4 is 34.2 Å². The quantitative estimate of drug-likeness (QED) is 0.519. The summed E-state index contributed by atoms with van der Waals surface area (Å²) in [6.07, 6.45) is 1.83. The van der Waals surface area contributed by atoms with Crippen LogP contribution in [0.5, 0.6) is 0 Å². The van der Waals surface area contributed by atoms with E-state index < -0.39 is 0 Å². The number of nitrogens with one attached hydrogen (secondary N) is 1. The molecule has 1 N–H and O–H groups in total. The van der Waals surface area contributed by atoms with E-state index >= 15 is 0 Å². The standard InChI is InChI=1S/C24H27N7O/c1-29(2)19-7-5-18(6-8-19)26-23-15-21(27-24(28-23)31-10-12-32-13-11-31)17-4-9-20-22(14-17)30(3)16-25-20/h4-9,14-16H,10-13H2,1-3H3,(H,26,27,28). The lowest BCUT2D eigenvalue weighted by Crippen LogP contribution is -2.37. The first kappa shape index (κ1) is 20.3. The molecule has 2 aromatic carbocycles. The minimum absolute atomic E-state index is 0.684. The van der Waals surface area contributed by atoms with Gasteiger partial charge in [0.1, 0.15) is 5.82 Å². The van der Waals surface area contributed by atoms with Crippen molar-refractivity contribution in [1.82, 2.24) is 19.5 Å². The molecule has 3 heterocycles. The molecular weight excluding hydrogens is 402 g/mol. The van der Waals surface area contributed by atoms with Gasteiger partial charge in [0.05, 0.1) is 36.3 Å². The van der Waals surface area contributed by atoms with Crippen molar-refractivity contribution in [2.45, 2.75) is 0 Å². The molecule has 0 bridgehead atoms. The van der Waals surface area contributed by atoms with Crippen molar-refractivity contribution in [3.63, 3.8) is 0 Å². The van der Waals surface area contributed by atoms with Crippen LogP contribution in [0.15, 0.2) is 54.9 Å². The molecule has 2 aromatic heterocycles. The van der Waals surface area contributed by atoms with E-state index in [9.17, 15) is 0 Å². The zero-order chi connectivity index (χ0) is 22.1. The summed E-state index contributed by atoms with van der Waals surface area (Å²) in [5.74, 6) is 1.47. The summed E-state index contributed by atoms with van der Waals surface area (Å²) in [5.41, 5.74) is 6.08. The number of hydrogen-bond acceptors (Lipinski definition) is 7. The topological polar surface area (TPSA) is 71.3 Å². The van der Waals surface area contributed by atoms with Gasteiger partial charge in [-0.15, -0.1) is 0 Å². The summed E-state index contributed by atoms with van der Waals surface area (Å²) in [4.78, 5) is 18.4. The van der Waals surface area contributed by atoms with Crippen molar-refractivity contribution in [1.29, 1.82) is 0 Å². The molecule has 164 valence electrons. The number of morpholine rings is 1. The van der Waals surface area contributed by atoms with E-state index in [-0.39, 0.29) is 0 Å². The van der Waals surface area contributed by atoms with Crippen LogP contribution in [-0.2, 0) is 11.8 Å². The Morgan fingerprint density at radius 2 is 1.75 bits per heavy atom. The number of ether oxygens (including phenoxy) is 1. The van der Waals surface area contributed by atoms with Gasteiger partial charge in [0, 0.05) is 57.2 Å². The van der Waals surface area contributed by atoms with Crippen LogP contribution in [0.25, 0.3) is 22.3 Å². The Balaban J connectivity index is 1.53. The van der Waals surface area contributed by atoms with E-state index in [2.05, 4.69) is 56.5 Å². The fourth-order valence-corrected chi connectivity index (χ4v) is 3.83. The molecular formula is C24H27N7O. The van der Waals surface area contributed by atoms with Gasteiger partial charge in [0.15, 0.2) is 0 Å². The van der Waals surface area contributed by atoms with Crippen LogP contribution in [0.4, 0.5) is 23.1 Å². The zero-order valence-corrected chi connectivity index (χ0v) is 18.6. The van der Waals surface area contributed by atoms with Gasteiger partial charge < -0.3 is 24.4 Å². The van der Waals surface area contributed by atoms with Crippen LogP contribution in [-0.4, -0.2) is 59.9 Å². The summed E-state index contributed by atoms with van der Waals surface area (Å²) in [6.45, 7) is 2.93. The number of hydrogen-bond donors (Lipinski definition) is 1. The monoisotopic (exact) mass is 429 g/mol. The van der Waals surface area contributed by atoms with Gasteiger partial charge >= 0.3 is 0 Å². The van der Waals surface area contributed by atoms with Crippen LogP contribution >= 0.6 is 0 Å². The normalized spacial score (nSPS) is 14.0. The Hall–Kier alpha value is -3.65. The molecule has 0 atom stereocenters. The van der Waals surface area contributed by atoms with Crippen LogP contribution in [0.3, 0.4) is 0 Å². The van der Waals surface area contributed by atoms with Crippen LogP contribution in [0, 0.1) is 0 Å². The second-order valence-electron chi connectivity index (χ2n) is 8.16. The number of benzene rings is 2. The second-order valence-corrected chi connectivity index (χ2v) is 8.16. The van der Waals surface area contributed by atoms with E-state index in [1.165, 1.54) is 0 Å². The first-order valence-electron chi connectivity index (χ1n) is 10.7. The Labute approximate surface area is 187 Å². The van der Waals surface area contributed by atoms with Gasteiger partial charge in [-0.2, -0.15) is 4.98 Å². The lowest BCUT2D eigenvalue weighted by atomic mass is 10.1. The molecule has 0 aliphatic carbocycles. The Bertz CT molecular complexity index is 1230. The number of aromatic nitrogens is 4. The number of fused-ring (bicyclic) bond motifs is 1. The van der Waals surface area contributed by atoms with Gasteiger partial charge in [0.2, 0.25) is 5.95 Å². The molecule has 8 heteroatoms. The van der Waals surface area contributed by atoms with Crippen molar-refractivity contribution < 1.29 is 4.74 Å². The van der Waals surface area contributed by atoms with Gasteiger partial charge in [-0.1, -0.05) is 6.07 Å². The zero-order valence-electron chi connectivity index (χ0n) is 18.6. The van der Waals surface area contributed by atoms with Crippen molar-refractivity contribution in [2.24, 2.45) is 7.05 Å². The summed E-state index contributed by atoms with van der Waals surface area (Å²) in [6, 6.07) is 16.5. The predicted molar refractivity (Wildman–Crippen MR) is 129 cm³/mol. The molecule has 0 radical (unpaired) electrons. The number of rotatable bonds is 5. The van der Waals surface area contributed by atoms with E-state index in [1.807, 2.05) is 44.2 Å². The van der Waals surface area contributed by atoms with E-state index in [4.69, 9.17) is 14.7 Å². The van der Waals surface area contributed by atoms with Crippen LogP contribution < -0.4 is 15.1 Å². The number of anilines is 4. The first-order chi connectivity index (χ1) is 15.6. The number of imidazole rings is 1. The third kappa shape index (κ3) is 4.09. The number of aryl methyl sites for hydroxylation is 1. The fraction of sp³-hybridized carbons (Fsp3) is 0.292. The largest absolute Gasteiger partial charge is 0.378 e. The van der Waals surface area contributed by atoms with Gasteiger partial charge in [0.25, 0.3) is 0 Å². The lowest BCUT2D eigenvalue weighted by molar-refractivity contribution is 0.122. The smallest absolute Gasteiger partial charge is 0.228 e. The highest BCUT2D eigenvalue weighted by Gasteiger charge is 2.17. The highest BCUT2D eigenvalue weighted by atomic mass is 16.5. The molecule has 1 saturated heterocycles. The SMILES string of the molecule is CN(C)c1ccc(Nc2cc(-c3ccc4ncn(C)c4c3)nc(N3CCOCC3)n2)cc1. The van der Waals surface area contributed by atoms with Crippen LogP contribution in [0.2, 0.25) is 0 Å². The van der Waals surface area contributed by atoms with Crippen LogP contribution in [0.1, 0.15) is 0 Å². The average Bonchev–Trinajstić information content (AvgIpc) is 3.20. The Kier molecular flexibility index (Phi) is 5.36. The average molecular weight is 430 g/mol. The maximum Gasteiger partial charge on any atom is 0.228 e. The van der Waals surface area contributed by atoms with E-state index in [0.717, 1.165) is 52.6 Å². The highest BCUT2D eigenvalue weighted by molar-refractivity contribution is 5.82. The fourth-order valence-electron chi connectivity index (χ4n) is 3.83. The van der Waals surface area contributed by atoms with Crippen molar-refractivity contribution in [2.75, 3.05) is 55.5 Å². The third-order valence-electron chi connectivity index (χ3n) is 5.69. The Morgan fingerprint density at radius 1 is 0.969 bits per heavy atom. The molecule has 1 aliphatic heterocycles. The molecule has 0 amide bonds. The molecule has 1 aliphatic rings. The van der Waals surface area contributed by atoms with Gasteiger partial charge in [-0.25, -0.2) is 9.97 Å². The summed E-state index contributed by atoms with van der Waals surface area (Å²) >= 11 is 0. The maximum atomic E-state index is 5.52. The molecule has 1 fully saturated rings. The molecule has 0 saturated carbocycles. The summed E-state index contributed by atoms with van der Waals surface area (Å²) < 4.78 is 7.54. The van der Waals surface area contributed by atoms with Gasteiger partial charge in [-0.05, 0) is 36.4 Å². The molecule has 0 unspecified atom stereocenters. The van der Waals surface area contributed by atoms with Crippen molar-refractivity contribution in [3.8, 4) is 11.3 Å². The third-order valence-corrected chi connectivity index (χ3v) is 5.69. The highest BCUT2D eigenvalue weighted by Crippen LogP contribution is 2.28. The molecule has 5 rings (SSSR count). The minimum Gasteiger partial charge on any atom is -0.378 e. The van der Waals surface area contributed by atoms with Crippen molar-refractivity contribution in [3.05, 3.63) is 54.9 Å².